The van der Waals surface area contributed by atoms with Crippen LogP contribution in [0.1, 0.15) is 43.4 Å². The Morgan fingerprint density at radius 3 is 2.41 bits per heavy atom. The zero-order chi connectivity index (χ0) is 21.1. The number of aromatic nitrogens is 2. The van der Waals surface area contributed by atoms with Gasteiger partial charge in [-0.05, 0) is 39.0 Å². The first-order valence-electron chi connectivity index (χ1n) is 9.58. The van der Waals surface area contributed by atoms with E-state index in [2.05, 4.69) is 10.5 Å². The van der Waals surface area contributed by atoms with Crippen molar-refractivity contribution in [2.75, 3.05) is 20.6 Å². The molecular weight excluding hydrogens is 368 g/mol. The second-order valence-corrected chi connectivity index (χ2v) is 7.43. The number of ketones is 1. The summed E-state index contributed by atoms with van der Waals surface area (Å²) in [7, 11) is 3.60. The van der Waals surface area contributed by atoms with Gasteiger partial charge in [-0.3, -0.25) is 14.2 Å². The van der Waals surface area contributed by atoms with Gasteiger partial charge in [0.1, 0.15) is 18.8 Å². The highest BCUT2D eigenvalue weighted by Crippen LogP contribution is 2.20. The molecule has 0 saturated carbocycles. The summed E-state index contributed by atoms with van der Waals surface area (Å²) in [5, 5.41) is 6.68. The lowest BCUT2D eigenvalue weighted by Gasteiger charge is -2.14. The molecule has 7 nitrogen and oxygen atoms in total. The molecule has 1 aromatic carbocycles. The monoisotopic (exact) mass is 395 g/mol. The van der Waals surface area contributed by atoms with Gasteiger partial charge in [-0.25, -0.2) is 0 Å². The number of rotatable bonds is 7. The molecule has 0 fully saturated rings. The van der Waals surface area contributed by atoms with Gasteiger partial charge in [0.05, 0.1) is 7.05 Å². The van der Waals surface area contributed by atoms with Crippen molar-refractivity contribution in [1.82, 2.24) is 15.0 Å². The minimum absolute atomic E-state index is 0.0871. The highest BCUT2D eigenvalue weighted by atomic mass is 16.5. The maximum absolute atomic E-state index is 12.9. The number of aryl methyl sites for hydroxylation is 2. The number of quaternary nitrogens is 1. The number of carbonyl (C=O) groups is 2. The van der Waals surface area contributed by atoms with Crippen LogP contribution in [0.25, 0.3) is 5.82 Å². The topological polar surface area (TPSA) is 81.6 Å². The largest absolute Gasteiger partial charge is 0.360 e. The van der Waals surface area contributed by atoms with E-state index in [1.165, 1.54) is 0 Å². The van der Waals surface area contributed by atoms with Crippen molar-refractivity contribution in [3.8, 4) is 5.82 Å². The predicted molar refractivity (Wildman–Crippen MR) is 110 cm³/mol. The highest BCUT2D eigenvalue weighted by molar-refractivity contribution is 5.98. The van der Waals surface area contributed by atoms with E-state index in [0.29, 0.717) is 30.0 Å². The SMILES string of the molecule is CNC(=O)c1ccc(C[NH+](C)CC(=O)c2cc(C)n(-c3cc(C)on3)c2C)cc1. The molecule has 29 heavy (non-hydrogen) atoms. The lowest BCUT2D eigenvalue weighted by molar-refractivity contribution is -0.884. The first kappa shape index (κ1) is 20.5. The molecule has 2 heterocycles. The van der Waals surface area contributed by atoms with Gasteiger partial charge >= 0.3 is 0 Å². The Morgan fingerprint density at radius 1 is 1.14 bits per heavy atom. The van der Waals surface area contributed by atoms with Gasteiger partial charge in [-0.1, -0.05) is 17.3 Å². The number of nitrogens with zero attached hydrogens (tertiary/aromatic N) is 2. The Balaban J connectivity index is 1.69. The summed E-state index contributed by atoms with van der Waals surface area (Å²) in [6.07, 6.45) is 0. The Kier molecular flexibility index (Phi) is 5.98. The second-order valence-electron chi connectivity index (χ2n) is 7.43. The Bertz CT molecular complexity index is 1030. The predicted octanol–water partition coefficient (Wildman–Crippen LogP) is 1.65. The lowest BCUT2D eigenvalue weighted by Crippen LogP contribution is -3.08. The molecule has 2 aromatic heterocycles. The molecule has 152 valence electrons. The van der Waals surface area contributed by atoms with Crippen LogP contribution in [0.4, 0.5) is 0 Å². The van der Waals surface area contributed by atoms with Crippen molar-refractivity contribution < 1.29 is 19.0 Å². The maximum Gasteiger partial charge on any atom is 0.251 e. The first-order valence-corrected chi connectivity index (χ1v) is 9.58. The van der Waals surface area contributed by atoms with Gasteiger partial charge in [0, 0.05) is 41.2 Å². The number of benzene rings is 1. The van der Waals surface area contributed by atoms with Gasteiger partial charge in [0.25, 0.3) is 5.91 Å². The molecule has 0 bridgehead atoms. The van der Waals surface area contributed by atoms with Crippen LogP contribution in [0, 0.1) is 20.8 Å². The zero-order valence-electron chi connectivity index (χ0n) is 17.5. The Morgan fingerprint density at radius 2 is 1.83 bits per heavy atom. The van der Waals surface area contributed by atoms with Crippen molar-refractivity contribution in [1.29, 1.82) is 0 Å². The maximum atomic E-state index is 12.9. The molecule has 0 spiro atoms. The highest BCUT2D eigenvalue weighted by Gasteiger charge is 2.21. The van der Waals surface area contributed by atoms with E-state index in [4.69, 9.17) is 4.52 Å². The normalized spacial score (nSPS) is 12.0. The summed E-state index contributed by atoms with van der Waals surface area (Å²) in [5.41, 5.74) is 4.22. The smallest absolute Gasteiger partial charge is 0.251 e. The molecule has 7 heteroatoms. The standard InChI is InChI=1S/C22H26N4O3/c1-14-10-19(16(3)26(14)21-11-15(2)29-24-21)20(27)13-25(5)12-17-6-8-18(9-7-17)22(28)23-4/h6-11H,12-13H2,1-5H3,(H,23,28)/p+1. The summed E-state index contributed by atoms with van der Waals surface area (Å²) in [5.74, 6) is 1.40. The third kappa shape index (κ3) is 4.46. The number of amides is 1. The molecule has 0 aliphatic carbocycles. The number of carbonyl (C=O) groups excluding carboxylic acids is 2. The summed E-state index contributed by atoms with van der Waals surface area (Å²) >= 11 is 0. The molecule has 0 aliphatic rings. The van der Waals surface area contributed by atoms with Crippen molar-refractivity contribution in [2.24, 2.45) is 0 Å². The van der Waals surface area contributed by atoms with Gasteiger partial charge < -0.3 is 14.7 Å². The summed E-state index contributed by atoms with van der Waals surface area (Å²) in [4.78, 5) is 25.6. The number of hydrogen-bond donors (Lipinski definition) is 2. The van der Waals surface area contributed by atoms with Crippen LogP contribution in [0.3, 0.4) is 0 Å². The average Bonchev–Trinajstić information content (AvgIpc) is 3.23. The molecule has 1 amide bonds. The van der Waals surface area contributed by atoms with Crippen molar-refractivity contribution in [3.05, 3.63) is 70.2 Å². The van der Waals surface area contributed by atoms with E-state index in [9.17, 15) is 9.59 Å². The van der Waals surface area contributed by atoms with E-state index in [1.807, 2.05) is 56.7 Å². The van der Waals surface area contributed by atoms with Gasteiger partial charge in [0.15, 0.2) is 5.82 Å². The summed E-state index contributed by atoms with van der Waals surface area (Å²) in [6, 6.07) is 11.2. The molecular formula is C22H27N4O3+. The van der Waals surface area contributed by atoms with Crippen LogP contribution in [0.5, 0.6) is 0 Å². The molecule has 0 saturated heterocycles. The van der Waals surface area contributed by atoms with Crippen LogP contribution in [0.2, 0.25) is 0 Å². The number of nitrogens with one attached hydrogen (secondary N) is 2. The van der Waals surface area contributed by atoms with Crippen LogP contribution in [-0.4, -0.2) is 42.1 Å². The molecule has 3 aromatic rings. The molecule has 0 aliphatic heterocycles. The van der Waals surface area contributed by atoms with Gasteiger partial charge in [-0.15, -0.1) is 0 Å². The van der Waals surface area contributed by atoms with E-state index in [-0.39, 0.29) is 11.7 Å². The quantitative estimate of drug-likeness (QED) is 0.596. The third-order valence-corrected chi connectivity index (χ3v) is 4.99. The minimum atomic E-state index is -0.106. The average molecular weight is 395 g/mol. The number of Topliss-reactive ketones (excluding diaryl/α,β-unsaturated/α-hetero) is 1. The number of hydrogen-bond acceptors (Lipinski definition) is 4. The van der Waals surface area contributed by atoms with Crippen LogP contribution < -0.4 is 10.2 Å². The number of likely N-dealkylation sites (N-methyl/N-ethyl adjacent to an activating group) is 1. The van der Waals surface area contributed by atoms with Crippen molar-refractivity contribution in [2.45, 2.75) is 27.3 Å². The molecule has 1 atom stereocenters. The van der Waals surface area contributed by atoms with Crippen molar-refractivity contribution in [3.63, 3.8) is 0 Å². The molecule has 3 rings (SSSR count). The Hall–Kier alpha value is -3.19. The molecule has 1 unspecified atom stereocenters. The van der Waals surface area contributed by atoms with E-state index in [0.717, 1.165) is 27.6 Å². The second kappa shape index (κ2) is 8.45. The van der Waals surface area contributed by atoms with Gasteiger partial charge in [0.2, 0.25) is 5.78 Å². The first-order chi connectivity index (χ1) is 13.8. The molecule has 2 N–H and O–H groups in total. The summed E-state index contributed by atoms with van der Waals surface area (Å²) in [6.45, 7) is 6.80. The lowest BCUT2D eigenvalue weighted by atomic mass is 10.1. The van der Waals surface area contributed by atoms with E-state index >= 15 is 0 Å². The third-order valence-electron chi connectivity index (χ3n) is 4.99. The molecule has 0 radical (unpaired) electrons. The van der Waals surface area contributed by atoms with Crippen molar-refractivity contribution >= 4 is 11.7 Å². The van der Waals surface area contributed by atoms with Crippen LogP contribution in [0.15, 0.2) is 40.9 Å². The Labute approximate surface area is 170 Å². The fraction of sp³-hybridized carbons (Fsp3) is 0.318. The zero-order valence-corrected chi connectivity index (χ0v) is 17.5. The fourth-order valence-electron chi connectivity index (χ4n) is 3.55. The summed E-state index contributed by atoms with van der Waals surface area (Å²) < 4.78 is 7.12. The fourth-order valence-corrected chi connectivity index (χ4v) is 3.55. The van der Waals surface area contributed by atoms with Gasteiger partial charge in [-0.2, -0.15) is 0 Å². The van der Waals surface area contributed by atoms with Crippen LogP contribution >= 0.6 is 0 Å². The van der Waals surface area contributed by atoms with E-state index < -0.39 is 0 Å². The minimum Gasteiger partial charge on any atom is -0.360 e. The van der Waals surface area contributed by atoms with E-state index in [1.54, 1.807) is 19.2 Å². The van der Waals surface area contributed by atoms with Crippen LogP contribution in [-0.2, 0) is 6.54 Å².